The van der Waals surface area contributed by atoms with E-state index in [9.17, 15) is 9.59 Å². The highest BCUT2D eigenvalue weighted by atomic mass is 16.5. The molecule has 0 atom stereocenters. The van der Waals surface area contributed by atoms with Gasteiger partial charge in [0.05, 0.1) is 12.9 Å². The molecule has 0 unspecified atom stereocenters. The highest BCUT2D eigenvalue weighted by Crippen LogP contribution is 2.23. The first-order valence-corrected chi connectivity index (χ1v) is 7.49. The van der Waals surface area contributed by atoms with E-state index in [0.717, 1.165) is 10.9 Å². The highest BCUT2D eigenvalue weighted by Gasteiger charge is 2.16. The van der Waals surface area contributed by atoms with Gasteiger partial charge in [-0.3, -0.25) is 0 Å². The van der Waals surface area contributed by atoms with Crippen molar-refractivity contribution in [1.82, 2.24) is 0 Å². The van der Waals surface area contributed by atoms with Crippen molar-refractivity contribution in [3.05, 3.63) is 63.9 Å². The fraction of sp³-hybridized carbons (Fsp3) is 0.222. The lowest BCUT2D eigenvalue weighted by Crippen LogP contribution is -2.07. The molecule has 0 spiro atoms. The summed E-state index contributed by atoms with van der Waals surface area (Å²) in [5.41, 5.74) is 1.21. The predicted octanol–water partition coefficient (Wildman–Crippen LogP) is 3.45. The van der Waals surface area contributed by atoms with Gasteiger partial charge in [0, 0.05) is 17.5 Å². The Balaban J connectivity index is 1.80. The van der Waals surface area contributed by atoms with Crippen molar-refractivity contribution in [3.63, 3.8) is 0 Å². The molecule has 0 N–H and O–H groups in total. The second-order valence-electron chi connectivity index (χ2n) is 5.17. The van der Waals surface area contributed by atoms with Gasteiger partial charge in [-0.2, -0.15) is 0 Å². The summed E-state index contributed by atoms with van der Waals surface area (Å²) in [4.78, 5) is 23.3. The van der Waals surface area contributed by atoms with E-state index >= 15 is 0 Å². The Kier molecular flexibility index (Phi) is 4.37. The summed E-state index contributed by atoms with van der Waals surface area (Å²) in [6.45, 7) is 3.92. The van der Waals surface area contributed by atoms with Gasteiger partial charge < -0.3 is 18.3 Å². The van der Waals surface area contributed by atoms with Crippen molar-refractivity contribution in [2.45, 2.75) is 20.5 Å². The first-order chi connectivity index (χ1) is 11.6. The number of carbonyl (C=O) groups is 1. The Morgan fingerprint density at radius 3 is 2.83 bits per heavy atom. The molecule has 0 aliphatic rings. The number of furan rings is 1. The van der Waals surface area contributed by atoms with Crippen LogP contribution >= 0.6 is 0 Å². The Labute approximate surface area is 137 Å². The molecule has 124 valence electrons. The van der Waals surface area contributed by atoms with Crippen molar-refractivity contribution in [1.29, 1.82) is 0 Å². The number of fused-ring (bicyclic) bond motifs is 1. The molecule has 3 aromatic rings. The number of esters is 1. The third-order valence-electron chi connectivity index (χ3n) is 3.53. The summed E-state index contributed by atoms with van der Waals surface area (Å²) in [5, 5.41) is 0.840. The minimum atomic E-state index is -0.454. The lowest BCUT2D eigenvalue weighted by molar-refractivity contribution is 0.0521. The third-order valence-corrected chi connectivity index (χ3v) is 3.53. The molecule has 0 saturated heterocycles. The Hall–Kier alpha value is -3.02. The van der Waals surface area contributed by atoms with Gasteiger partial charge in [0.25, 0.3) is 0 Å². The number of rotatable bonds is 5. The van der Waals surface area contributed by atoms with Crippen molar-refractivity contribution in [3.8, 4) is 5.75 Å². The van der Waals surface area contributed by atoms with Crippen LogP contribution in [0.5, 0.6) is 5.75 Å². The zero-order valence-corrected chi connectivity index (χ0v) is 13.3. The summed E-state index contributed by atoms with van der Waals surface area (Å²) in [6, 6.07) is 8.20. The SMILES string of the molecule is CCOC(=O)c1ccoc1COc1ccc2c(C)cc(=O)oc2c1. The van der Waals surface area contributed by atoms with Gasteiger partial charge >= 0.3 is 11.6 Å². The van der Waals surface area contributed by atoms with E-state index < -0.39 is 11.6 Å². The smallest absolute Gasteiger partial charge is 0.341 e. The monoisotopic (exact) mass is 328 g/mol. The number of aryl methyl sites for hydroxylation is 1. The van der Waals surface area contributed by atoms with Gasteiger partial charge in [-0.25, -0.2) is 9.59 Å². The fourth-order valence-corrected chi connectivity index (χ4v) is 2.39. The van der Waals surface area contributed by atoms with Crippen LogP contribution in [0.15, 0.2) is 50.2 Å². The first kappa shape index (κ1) is 15.9. The van der Waals surface area contributed by atoms with Crippen LogP contribution in [0.3, 0.4) is 0 Å². The van der Waals surface area contributed by atoms with E-state index in [-0.39, 0.29) is 13.2 Å². The normalized spacial score (nSPS) is 10.8. The molecular formula is C18H16O6. The third kappa shape index (κ3) is 3.17. The molecule has 24 heavy (non-hydrogen) atoms. The van der Waals surface area contributed by atoms with Crippen molar-refractivity contribution in [2.24, 2.45) is 0 Å². The summed E-state index contributed by atoms with van der Waals surface area (Å²) in [5.74, 6) is 0.423. The van der Waals surface area contributed by atoms with Crippen LogP contribution in [0.4, 0.5) is 0 Å². The summed E-state index contributed by atoms with van der Waals surface area (Å²) >= 11 is 0. The summed E-state index contributed by atoms with van der Waals surface area (Å²) in [7, 11) is 0. The highest BCUT2D eigenvalue weighted by molar-refractivity contribution is 5.90. The predicted molar refractivity (Wildman–Crippen MR) is 86.2 cm³/mol. The standard InChI is InChI=1S/C18H16O6/c1-3-21-18(20)14-6-7-22-16(14)10-23-12-4-5-13-11(2)8-17(19)24-15(13)9-12/h4-9H,3,10H2,1-2H3. The van der Waals surface area contributed by atoms with Gasteiger partial charge in [-0.1, -0.05) is 0 Å². The molecule has 0 saturated carbocycles. The number of carbonyl (C=O) groups excluding carboxylic acids is 1. The Bertz CT molecular complexity index is 934. The average Bonchev–Trinajstić information content (AvgIpc) is 3.01. The molecule has 0 fully saturated rings. The number of benzene rings is 1. The molecule has 0 bridgehead atoms. The first-order valence-electron chi connectivity index (χ1n) is 7.49. The largest absolute Gasteiger partial charge is 0.485 e. The van der Waals surface area contributed by atoms with Crippen molar-refractivity contribution in [2.75, 3.05) is 6.61 Å². The van der Waals surface area contributed by atoms with Gasteiger partial charge in [-0.15, -0.1) is 0 Å². The van der Waals surface area contributed by atoms with E-state index in [1.807, 2.05) is 13.0 Å². The van der Waals surface area contributed by atoms with Crippen LogP contribution in [0.1, 0.15) is 28.6 Å². The Morgan fingerprint density at radius 1 is 1.21 bits per heavy atom. The molecule has 2 heterocycles. The molecule has 1 aromatic carbocycles. The van der Waals surface area contributed by atoms with E-state index in [0.29, 0.717) is 22.7 Å². The van der Waals surface area contributed by atoms with E-state index in [4.69, 9.17) is 18.3 Å². The van der Waals surface area contributed by atoms with Gasteiger partial charge in [0.2, 0.25) is 0 Å². The molecule has 6 nitrogen and oxygen atoms in total. The fourth-order valence-electron chi connectivity index (χ4n) is 2.39. The quantitative estimate of drug-likeness (QED) is 0.527. The molecule has 0 radical (unpaired) electrons. The van der Waals surface area contributed by atoms with Gasteiger partial charge in [0.1, 0.15) is 23.5 Å². The van der Waals surface area contributed by atoms with E-state index in [2.05, 4.69) is 0 Å². The molecule has 2 aromatic heterocycles. The minimum absolute atomic E-state index is 0.0582. The van der Waals surface area contributed by atoms with Crippen molar-refractivity contribution >= 4 is 16.9 Å². The Morgan fingerprint density at radius 2 is 2.04 bits per heavy atom. The lowest BCUT2D eigenvalue weighted by Gasteiger charge is -2.07. The summed E-state index contributed by atoms with van der Waals surface area (Å²) < 4.78 is 21.1. The van der Waals surface area contributed by atoms with Gasteiger partial charge in [0.15, 0.2) is 5.76 Å². The molecule has 3 rings (SSSR count). The van der Waals surface area contributed by atoms with Crippen LogP contribution < -0.4 is 10.4 Å². The van der Waals surface area contributed by atoms with E-state index in [1.54, 1.807) is 25.1 Å². The maximum atomic E-state index is 11.8. The van der Waals surface area contributed by atoms with Crippen LogP contribution in [0.2, 0.25) is 0 Å². The second kappa shape index (κ2) is 6.62. The second-order valence-corrected chi connectivity index (χ2v) is 5.17. The van der Waals surface area contributed by atoms with E-state index in [1.165, 1.54) is 12.3 Å². The van der Waals surface area contributed by atoms with Crippen molar-refractivity contribution < 1.29 is 23.1 Å². The molecule has 0 aliphatic carbocycles. The maximum Gasteiger partial charge on any atom is 0.341 e. The maximum absolute atomic E-state index is 11.8. The van der Waals surface area contributed by atoms with Crippen LogP contribution in [0.25, 0.3) is 11.0 Å². The number of ether oxygens (including phenoxy) is 2. The molecular weight excluding hydrogens is 312 g/mol. The number of hydrogen-bond donors (Lipinski definition) is 0. The van der Waals surface area contributed by atoms with Crippen LogP contribution in [-0.2, 0) is 11.3 Å². The molecule has 0 aliphatic heterocycles. The molecule has 6 heteroatoms. The average molecular weight is 328 g/mol. The summed E-state index contributed by atoms with van der Waals surface area (Å²) in [6.07, 6.45) is 1.41. The number of hydrogen-bond acceptors (Lipinski definition) is 6. The lowest BCUT2D eigenvalue weighted by atomic mass is 10.1. The zero-order valence-electron chi connectivity index (χ0n) is 13.3. The van der Waals surface area contributed by atoms with Crippen LogP contribution in [0, 0.1) is 6.92 Å². The zero-order chi connectivity index (χ0) is 17.1. The van der Waals surface area contributed by atoms with Gasteiger partial charge in [-0.05, 0) is 37.6 Å². The molecule has 0 amide bonds. The topological polar surface area (TPSA) is 78.9 Å². The van der Waals surface area contributed by atoms with Crippen LogP contribution in [-0.4, -0.2) is 12.6 Å². The minimum Gasteiger partial charge on any atom is -0.485 e.